The van der Waals surface area contributed by atoms with Gasteiger partial charge in [0.15, 0.2) is 0 Å². The second-order valence-corrected chi connectivity index (χ2v) is 13.0. The third-order valence-electron chi connectivity index (χ3n) is 7.13. The van der Waals surface area contributed by atoms with Gasteiger partial charge in [-0.2, -0.15) is 0 Å². The SMILES string of the molecule is CC1(C)CC(N(CCCCCCN(C=O)C=O)C2CC(C)(C)NC(C)(C)C2)CC(C)(C)N1. The summed E-state index contributed by atoms with van der Waals surface area (Å²) in [4.78, 5) is 25.6. The molecule has 0 unspecified atom stereocenters. The van der Waals surface area contributed by atoms with Crippen molar-refractivity contribution >= 4 is 12.8 Å². The van der Waals surface area contributed by atoms with Gasteiger partial charge in [-0.1, -0.05) is 12.8 Å². The van der Waals surface area contributed by atoms with Crippen LogP contribution in [0.15, 0.2) is 0 Å². The van der Waals surface area contributed by atoms with Crippen molar-refractivity contribution < 1.29 is 9.59 Å². The topological polar surface area (TPSA) is 64.7 Å². The lowest BCUT2D eigenvalue weighted by Gasteiger charge is -2.55. The Hall–Kier alpha value is -0.980. The number of piperidine rings is 2. The Labute approximate surface area is 197 Å². The van der Waals surface area contributed by atoms with Gasteiger partial charge in [0, 0.05) is 40.8 Å². The fourth-order valence-electron chi connectivity index (χ4n) is 6.74. The van der Waals surface area contributed by atoms with E-state index in [2.05, 4.69) is 70.9 Å². The highest BCUT2D eigenvalue weighted by atomic mass is 16.2. The molecule has 6 nitrogen and oxygen atoms in total. The number of amides is 2. The summed E-state index contributed by atoms with van der Waals surface area (Å²) in [5.74, 6) is 0. The zero-order valence-corrected chi connectivity index (χ0v) is 22.1. The van der Waals surface area contributed by atoms with Crippen molar-refractivity contribution in [3.63, 3.8) is 0 Å². The van der Waals surface area contributed by atoms with E-state index in [0.717, 1.165) is 32.2 Å². The zero-order valence-electron chi connectivity index (χ0n) is 22.1. The van der Waals surface area contributed by atoms with Gasteiger partial charge in [-0.3, -0.25) is 19.4 Å². The third kappa shape index (κ3) is 8.42. The van der Waals surface area contributed by atoms with Gasteiger partial charge in [0.1, 0.15) is 0 Å². The Kier molecular flexibility index (Phi) is 8.96. The van der Waals surface area contributed by atoms with Crippen LogP contribution in [0.1, 0.15) is 107 Å². The monoisotopic (exact) mass is 450 g/mol. The van der Waals surface area contributed by atoms with E-state index < -0.39 is 0 Å². The molecule has 0 aromatic heterocycles. The van der Waals surface area contributed by atoms with Crippen LogP contribution in [0.5, 0.6) is 0 Å². The number of unbranched alkanes of at least 4 members (excludes halogenated alkanes) is 3. The molecular formula is C26H50N4O2. The van der Waals surface area contributed by atoms with Gasteiger partial charge >= 0.3 is 0 Å². The minimum absolute atomic E-state index is 0.135. The molecule has 2 fully saturated rings. The summed E-state index contributed by atoms with van der Waals surface area (Å²) >= 11 is 0. The largest absolute Gasteiger partial charge is 0.307 e. The number of imide groups is 1. The van der Waals surface area contributed by atoms with Gasteiger partial charge in [0.2, 0.25) is 12.8 Å². The first kappa shape index (κ1) is 27.3. The molecule has 0 aromatic rings. The van der Waals surface area contributed by atoms with Crippen LogP contribution >= 0.6 is 0 Å². The maximum absolute atomic E-state index is 10.8. The minimum atomic E-state index is 0.135. The molecule has 2 amide bonds. The smallest absolute Gasteiger partial charge is 0.216 e. The van der Waals surface area contributed by atoms with Crippen LogP contribution in [-0.2, 0) is 9.59 Å². The molecule has 0 aromatic carbocycles. The maximum atomic E-state index is 10.8. The molecule has 2 heterocycles. The molecule has 0 bridgehead atoms. The van der Waals surface area contributed by atoms with Gasteiger partial charge in [-0.25, -0.2) is 0 Å². The lowest BCUT2D eigenvalue weighted by Crippen LogP contribution is -2.67. The Morgan fingerprint density at radius 2 is 0.969 bits per heavy atom. The van der Waals surface area contributed by atoms with E-state index in [-0.39, 0.29) is 22.2 Å². The Morgan fingerprint density at radius 1 is 0.625 bits per heavy atom. The summed E-state index contributed by atoms with van der Waals surface area (Å²) in [5.41, 5.74) is 0.539. The highest BCUT2D eigenvalue weighted by molar-refractivity contribution is 5.68. The Bertz CT molecular complexity index is 551. The molecule has 2 saturated heterocycles. The summed E-state index contributed by atoms with van der Waals surface area (Å²) in [6.45, 7) is 20.4. The molecule has 6 heteroatoms. The summed E-state index contributed by atoms with van der Waals surface area (Å²) in [7, 11) is 0. The van der Waals surface area contributed by atoms with Crippen molar-refractivity contribution in [3.8, 4) is 0 Å². The average molecular weight is 451 g/mol. The van der Waals surface area contributed by atoms with Gasteiger partial charge in [0.25, 0.3) is 0 Å². The minimum Gasteiger partial charge on any atom is -0.307 e. The lowest BCUT2D eigenvalue weighted by molar-refractivity contribution is -0.129. The summed E-state index contributed by atoms with van der Waals surface area (Å²) in [6, 6.07) is 1.16. The number of carbonyl (C=O) groups is 2. The van der Waals surface area contributed by atoms with Crippen molar-refractivity contribution in [3.05, 3.63) is 0 Å². The second kappa shape index (κ2) is 10.5. The number of nitrogens with zero attached hydrogens (tertiary/aromatic N) is 2. The van der Waals surface area contributed by atoms with Crippen LogP contribution < -0.4 is 10.6 Å². The van der Waals surface area contributed by atoms with Crippen LogP contribution in [0.3, 0.4) is 0 Å². The predicted molar refractivity (Wildman–Crippen MR) is 133 cm³/mol. The van der Waals surface area contributed by atoms with Crippen molar-refractivity contribution in [2.45, 2.75) is 141 Å². The number of rotatable bonds is 11. The van der Waals surface area contributed by atoms with E-state index in [9.17, 15) is 9.59 Å². The molecule has 2 aliphatic heterocycles. The molecule has 2 aliphatic rings. The summed E-state index contributed by atoms with van der Waals surface area (Å²) < 4.78 is 0. The number of carbonyl (C=O) groups excluding carboxylic acids is 2. The van der Waals surface area contributed by atoms with Crippen LogP contribution in [0.4, 0.5) is 0 Å². The van der Waals surface area contributed by atoms with E-state index in [1.54, 1.807) is 0 Å². The number of nitrogens with one attached hydrogen (secondary N) is 2. The molecule has 0 aliphatic carbocycles. The zero-order chi connectivity index (χ0) is 24.2. The molecule has 32 heavy (non-hydrogen) atoms. The van der Waals surface area contributed by atoms with Crippen LogP contribution in [0.25, 0.3) is 0 Å². The van der Waals surface area contributed by atoms with Crippen molar-refractivity contribution in [1.29, 1.82) is 0 Å². The number of hydrogen-bond donors (Lipinski definition) is 2. The molecular weight excluding hydrogens is 400 g/mol. The molecule has 186 valence electrons. The van der Waals surface area contributed by atoms with Gasteiger partial charge in [-0.15, -0.1) is 0 Å². The molecule has 0 spiro atoms. The third-order valence-corrected chi connectivity index (χ3v) is 7.13. The van der Waals surface area contributed by atoms with Gasteiger partial charge in [0.05, 0.1) is 0 Å². The molecule has 2 rings (SSSR count). The molecule has 0 atom stereocenters. The maximum Gasteiger partial charge on any atom is 0.216 e. The summed E-state index contributed by atoms with van der Waals surface area (Å²) in [5, 5.41) is 7.71. The normalized spacial score (nSPS) is 24.9. The van der Waals surface area contributed by atoms with Crippen LogP contribution in [-0.4, -0.2) is 69.9 Å². The van der Waals surface area contributed by atoms with Crippen molar-refractivity contribution in [2.75, 3.05) is 13.1 Å². The quantitative estimate of drug-likeness (QED) is 0.367. The van der Waals surface area contributed by atoms with Gasteiger partial charge in [-0.05, 0) is 100 Å². The van der Waals surface area contributed by atoms with E-state index in [0.29, 0.717) is 31.4 Å². The van der Waals surface area contributed by atoms with E-state index in [1.807, 2.05) is 0 Å². The lowest BCUT2D eigenvalue weighted by atomic mass is 9.75. The first-order valence-corrected chi connectivity index (χ1v) is 12.7. The number of hydrogen-bond acceptors (Lipinski definition) is 5. The highest BCUT2D eigenvalue weighted by Gasteiger charge is 2.45. The fourth-order valence-corrected chi connectivity index (χ4v) is 6.74. The summed E-state index contributed by atoms with van der Waals surface area (Å²) in [6.07, 6.45) is 10.2. The molecule has 2 N–H and O–H groups in total. The van der Waals surface area contributed by atoms with Crippen LogP contribution in [0, 0.1) is 0 Å². The van der Waals surface area contributed by atoms with Crippen LogP contribution in [0.2, 0.25) is 0 Å². The first-order valence-electron chi connectivity index (χ1n) is 12.7. The average Bonchev–Trinajstić information content (AvgIpc) is 2.58. The standard InChI is InChI=1S/C26H50N4O2/c1-23(2)15-21(16-24(3,4)27-23)30(14-12-10-9-11-13-29(19-31)20-32)22-17-25(5,6)28-26(7,8)18-22/h19-22,27-28H,9-18H2,1-8H3. The Morgan fingerprint density at radius 3 is 1.31 bits per heavy atom. The highest BCUT2D eigenvalue weighted by Crippen LogP contribution is 2.38. The first-order chi connectivity index (χ1) is 14.7. The Balaban J connectivity index is 2.08. The van der Waals surface area contributed by atoms with E-state index >= 15 is 0 Å². The van der Waals surface area contributed by atoms with Crippen molar-refractivity contribution in [1.82, 2.24) is 20.4 Å². The van der Waals surface area contributed by atoms with Crippen molar-refractivity contribution in [2.24, 2.45) is 0 Å². The fraction of sp³-hybridized carbons (Fsp3) is 0.923. The molecule has 0 saturated carbocycles. The van der Waals surface area contributed by atoms with E-state index in [1.165, 1.54) is 30.6 Å². The predicted octanol–water partition coefficient (Wildman–Crippen LogP) is 4.08. The van der Waals surface area contributed by atoms with Gasteiger partial charge < -0.3 is 10.6 Å². The second-order valence-electron chi connectivity index (χ2n) is 13.0. The molecule has 0 radical (unpaired) electrons. The van der Waals surface area contributed by atoms with E-state index in [4.69, 9.17) is 0 Å².